The predicted molar refractivity (Wildman–Crippen MR) is 126 cm³/mol. The van der Waals surface area contributed by atoms with Crippen molar-refractivity contribution in [3.8, 4) is 6.01 Å². The minimum absolute atomic E-state index is 0.295. The molecule has 3 aromatic rings. The molecule has 8 nitrogen and oxygen atoms in total. The summed E-state index contributed by atoms with van der Waals surface area (Å²) in [6.45, 7) is 3.80. The molecule has 31 heavy (non-hydrogen) atoms. The molecule has 2 aromatic heterocycles. The number of halogens is 1. The van der Waals surface area contributed by atoms with Gasteiger partial charge < -0.3 is 14.4 Å². The molecule has 1 aliphatic rings. The fourth-order valence-electron chi connectivity index (χ4n) is 3.09. The topological polar surface area (TPSA) is 85.1 Å². The number of morpholine rings is 1. The first-order valence-electron chi connectivity index (χ1n) is 10.1. The second-order valence-electron chi connectivity index (χ2n) is 6.92. The number of benzene rings is 1. The van der Waals surface area contributed by atoms with Gasteiger partial charge in [-0.2, -0.15) is 15.1 Å². The lowest BCUT2D eigenvalue weighted by Crippen LogP contribution is -2.36. The van der Waals surface area contributed by atoms with Crippen LogP contribution < -0.4 is 9.64 Å². The van der Waals surface area contributed by atoms with Crippen molar-refractivity contribution < 1.29 is 9.47 Å². The van der Waals surface area contributed by atoms with Gasteiger partial charge in [0.05, 0.1) is 26.4 Å². The molecule has 0 aliphatic carbocycles. The maximum Gasteiger partial charge on any atom is 0.320 e. The van der Waals surface area contributed by atoms with Gasteiger partial charge in [0, 0.05) is 41.0 Å². The number of anilines is 1. The van der Waals surface area contributed by atoms with Crippen LogP contribution in [0, 0.1) is 3.57 Å². The van der Waals surface area contributed by atoms with Crippen molar-refractivity contribution in [3.05, 3.63) is 69.6 Å². The molecule has 0 spiro atoms. The van der Waals surface area contributed by atoms with Gasteiger partial charge in [-0.1, -0.05) is 18.2 Å². The predicted octanol–water partition coefficient (Wildman–Crippen LogP) is 4.22. The number of nitrogens with zero attached hydrogens (tertiary/aromatic N) is 6. The first-order valence-corrected chi connectivity index (χ1v) is 11.2. The summed E-state index contributed by atoms with van der Waals surface area (Å²) in [6.07, 6.45) is 2.45. The first-order chi connectivity index (χ1) is 15.3. The van der Waals surface area contributed by atoms with E-state index in [-0.39, 0.29) is 0 Å². The molecule has 160 valence electrons. The maximum absolute atomic E-state index is 5.84. The number of aromatic nitrogens is 3. The van der Waals surface area contributed by atoms with E-state index in [1.165, 1.54) is 3.57 Å². The van der Waals surface area contributed by atoms with Crippen molar-refractivity contribution in [1.82, 2.24) is 15.0 Å². The Hall–Kier alpha value is -2.66. The second-order valence-corrected chi connectivity index (χ2v) is 8.16. The van der Waals surface area contributed by atoms with Gasteiger partial charge in [-0.3, -0.25) is 4.98 Å². The van der Waals surface area contributed by atoms with Gasteiger partial charge in [-0.05, 0) is 52.4 Å². The quantitative estimate of drug-likeness (QED) is 0.321. The van der Waals surface area contributed by atoms with Crippen LogP contribution in [0.2, 0.25) is 0 Å². The van der Waals surface area contributed by atoms with Crippen LogP contribution in [-0.4, -0.2) is 47.9 Å². The Kier molecular flexibility index (Phi) is 7.72. The lowest BCUT2D eigenvalue weighted by molar-refractivity contribution is 0.122. The minimum atomic E-state index is 0.295. The number of pyridine rings is 1. The molecule has 4 rings (SSSR count). The maximum atomic E-state index is 5.84. The molecule has 0 saturated carbocycles. The number of hydrogen-bond acceptors (Lipinski definition) is 8. The van der Waals surface area contributed by atoms with E-state index in [0.717, 1.165) is 30.2 Å². The van der Waals surface area contributed by atoms with E-state index in [2.05, 4.69) is 64.8 Å². The first kappa shape index (κ1) is 21.6. The minimum Gasteiger partial charge on any atom is -0.463 e. The standard InChI is InChI=1S/C22H23IN6O2/c23-18-5-3-4-17(14-18)16-25-28-20-15-21(29-9-12-30-13-10-29)27-22(26-20)31-11-7-19-6-1-2-8-24-19/h1-6,8,14-15H,7,9-13,16H2. The van der Waals surface area contributed by atoms with E-state index < -0.39 is 0 Å². The summed E-state index contributed by atoms with van der Waals surface area (Å²) in [7, 11) is 0. The molecule has 3 heterocycles. The van der Waals surface area contributed by atoms with E-state index in [4.69, 9.17) is 9.47 Å². The van der Waals surface area contributed by atoms with Crippen molar-refractivity contribution in [2.75, 3.05) is 37.8 Å². The molecule has 9 heteroatoms. The van der Waals surface area contributed by atoms with Crippen LogP contribution >= 0.6 is 22.6 Å². The normalized spacial score (nSPS) is 14.2. The van der Waals surface area contributed by atoms with E-state index >= 15 is 0 Å². The van der Waals surface area contributed by atoms with Gasteiger partial charge in [-0.15, -0.1) is 5.11 Å². The molecule has 0 bridgehead atoms. The Morgan fingerprint density at radius 2 is 1.97 bits per heavy atom. The zero-order valence-corrected chi connectivity index (χ0v) is 19.2. The number of ether oxygens (including phenoxy) is 2. The lowest BCUT2D eigenvalue weighted by Gasteiger charge is -2.27. The molecular weight excluding hydrogens is 507 g/mol. The third-order valence-corrected chi connectivity index (χ3v) is 5.32. The number of rotatable bonds is 8. The van der Waals surface area contributed by atoms with E-state index in [1.54, 1.807) is 6.20 Å². The van der Waals surface area contributed by atoms with E-state index in [0.29, 0.717) is 44.6 Å². The van der Waals surface area contributed by atoms with Crippen molar-refractivity contribution in [1.29, 1.82) is 0 Å². The van der Waals surface area contributed by atoms with Crippen LogP contribution in [-0.2, 0) is 17.7 Å². The van der Waals surface area contributed by atoms with Crippen LogP contribution in [0.3, 0.4) is 0 Å². The highest BCUT2D eigenvalue weighted by Crippen LogP contribution is 2.23. The molecule has 0 amide bonds. The van der Waals surface area contributed by atoms with Gasteiger partial charge in [0.2, 0.25) is 0 Å². The fraction of sp³-hybridized carbons (Fsp3) is 0.318. The Bertz CT molecular complexity index is 1010. The highest BCUT2D eigenvalue weighted by molar-refractivity contribution is 14.1. The summed E-state index contributed by atoms with van der Waals surface area (Å²) in [5, 5.41) is 8.67. The molecule has 1 saturated heterocycles. The highest BCUT2D eigenvalue weighted by Gasteiger charge is 2.15. The van der Waals surface area contributed by atoms with Crippen molar-refractivity contribution in [3.63, 3.8) is 0 Å². The lowest BCUT2D eigenvalue weighted by atomic mass is 10.2. The van der Waals surface area contributed by atoms with Gasteiger partial charge in [0.1, 0.15) is 5.82 Å². The van der Waals surface area contributed by atoms with Crippen molar-refractivity contribution in [2.24, 2.45) is 10.2 Å². The molecule has 0 N–H and O–H groups in total. The van der Waals surface area contributed by atoms with Gasteiger partial charge in [0.25, 0.3) is 0 Å². The van der Waals surface area contributed by atoms with E-state index in [1.807, 2.05) is 36.4 Å². The summed E-state index contributed by atoms with van der Waals surface area (Å²) in [4.78, 5) is 15.5. The molecule has 1 aliphatic heterocycles. The molecular formula is C22H23IN6O2. The monoisotopic (exact) mass is 530 g/mol. The van der Waals surface area contributed by atoms with Crippen LogP contribution in [0.5, 0.6) is 6.01 Å². The average molecular weight is 530 g/mol. The third-order valence-electron chi connectivity index (χ3n) is 4.64. The van der Waals surface area contributed by atoms with Crippen LogP contribution in [0.15, 0.2) is 65.0 Å². The Morgan fingerprint density at radius 1 is 1.06 bits per heavy atom. The Labute approximate surface area is 194 Å². The summed E-state index contributed by atoms with van der Waals surface area (Å²) in [6, 6.07) is 16.2. The SMILES string of the molecule is Ic1cccc(CN=Nc2cc(N3CCOCC3)nc(OCCc3ccccn3)n2)c1. The second kappa shape index (κ2) is 11.1. The summed E-state index contributed by atoms with van der Waals surface area (Å²) in [5.41, 5.74) is 2.06. The largest absolute Gasteiger partial charge is 0.463 e. The molecule has 1 fully saturated rings. The van der Waals surface area contributed by atoms with Crippen molar-refractivity contribution >= 4 is 34.2 Å². The molecule has 1 aromatic carbocycles. The number of azo groups is 1. The third kappa shape index (κ3) is 6.66. The smallest absolute Gasteiger partial charge is 0.320 e. The molecule has 0 radical (unpaired) electrons. The number of hydrogen-bond donors (Lipinski definition) is 0. The molecule has 0 unspecified atom stereocenters. The van der Waals surface area contributed by atoms with Gasteiger partial charge in [-0.25, -0.2) is 0 Å². The van der Waals surface area contributed by atoms with Gasteiger partial charge >= 0.3 is 6.01 Å². The average Bonchev–Trinajstić information content (AvgIpc) is 2.80. The van der Waals surface area contributed by atoms with Gasteiger partial charge in [0.15, 0.2) is 5.82 Å². The highest BCUT2D eigenvalue weighted by atomic mass is 127. The van der Waals surface area contributed by atoms with E-state index in [9.17, 15) is 0 Å². The van der Waals surface area contributed by atoms with Crippen LogP contribution in [0.1, 0.15) is 11.3 Å². The fourth-order valence-corrected chi connectivity index (χ4v) is 3.70. The zero-order chi connectivity index (χ0) is 21.3. The molecule has 0 atom stereocenters. The summed E-state index contributed by atoms with van der Waals surface area (Å²) in [5.74, 6) is 1.25. The Balaban J connectivity index is 1.47. The summed E-state index contributed by atoms with van der Waals surface area (Å²) < 4.78 is 12.5. The van der Waals surface area contributed by atoms with Crippen LogP contribution in [0.4, 0.5) is 11.6 Å². The Morgan fingerprint density at radius 3 is 2.77 bits per heavy atom. The summed E-state index contributed by atoms with van der Waals surface area (Å²) >= 11 is 2.29. The zero-order valence-electron chi connectivity index (χ0n) is 17.0. The van der Waals surface area contributed by atoms with Crippen molar-refractivity contribution in [2.45, 2.75) is 13.0 Å². The van der Waals surface area contributed by atoms with Crippen LogP contribution in [0.25, 0.3) is 0 Å².